The lowest BCUT2D eigenvalue weighted by atomic mass is 9.89. The van der Waals surface area contributed by atoms with E-state index in [1.807, 2.05) is 0 Å². The Labute approximate surface area is 139 Å². The van der Waals surface area contributed by atoms with Crippen LogP contribution in [0.5, 0.6) is 5.75 Å². The molecule has 4 heteroatoms. The van der Waals surface area contributed by atoms with Gasteiger partial charge in [-0.05, 0) is 49.4 Å². The van der Waals surface area contributed by atoms with Gasteiger partial charge in [0.2, 0.25) is 0 Å². The Balaban J connectivity index is 1.49. The molecule has 4 rings (SSSR count). The smallest absolute Gasteiger partial charge is 0.118 e. The van der Waals surface area contributed by atoms with Crippen molar-refractivity contribution in [1.82, 2.24) is 9.80 Å². The Bertz CT molecular complexity index is 527. The lowest BCUT2D eigenvalue weighted by Crippen LogP contribution is -2.40. The lowest BCUT2D eigenvalue weighted by Gasteiger charge is -2.33. The van der Waals surface area contributed by atoms with Crippen molar-refractivity contribution in [2.24, 2.45) is 11.8 Å². The third-order valence-corrected chi connectivity index (χ3v) is 6.09. The van der Waals surface area contributed by atoms with E-state index in [9.17, 15) is 0 Å². The molecule has 126 valence electrons. The topological polar surface area (TPSA) is 24.9 Å². The minimum absolute atomic E-state index is 0.552. The van der Waals surface area contributed by atoms with Gasteiger partial charge in [0.05, 0.1) is 7.11 Å². The van der Waals surface area contributed by atoms with Crippen LogP contribution in [0.15, 0.2) is 24.3 Å². The predicted molar refractivity (Wildman–Crippen MR) is 90.8 cm³/mol. The highest BCUT2D eigenvalue weighted by atomic mass is 16.5. The molecule has 0 N–H and O–H groups in total. The van der Waals surface area contributed by atoms with Crippen LogP contribution in [-0.2, 0) is 4.74 Å². The van der Waals surface area contributed by atoms with Gasteiger partial charge in [-0.3, -0.25) is 9.80 Å². The first-order chi connectivity index (χ1) is 11.3. The number of hydrogen-bond acceptors (Lipinski definition) is 4. The van der Waals surface area contributed by atoms with Crippen LogP contribution in [0.3, 0.4) is 0 Å². The van der Waals surface area contributed by atoms with Crippen LogP contribution in [0, 0.1) is 11.8 Å². The second kappa shape index (κ2) is 6.42. The number of ether oxygens (including phenoxy) is 2. The third kappa shape index (κ3) is 2.88. The van der Waals surface area contributed by atoms with Gasteiger partial charge in [0.1, 0.15) is 5.75 Å². The van der Waals surface area contributed by atoms with E-state index in [1.54, 1.807) is 7.11 Å². The molecule has 3 aliphatic heterocycles. The molecule has 1 aromatic carbocycles. The van der Waals surface area contributed by atoms with E-state index < -0.39 is 0 Å². The Morgan fingerprint density at radius 2 is 1.78 bits per heavy atom. The van der Waals surface area contributed by atoms with Crippen LogP contribution >= 0.6 is 0 Å². The summed E-state index contributed by atoms with van der Waals surface area (Å²) >= 11 is 0. The maximum Gasteiger partial charge on any atom is 0.118 e. The summed E-state index contributed by atoms with van der Waals surface area (Å²) in [6.07, 6.45) is 2.42. The first kappa shape index (κ1) is 15.4. The highest BCUT2D eigenvalue weighted by Gasteiger charge is 2.47. The maximum atomic E-state index is 5.54. The van der Waals surface area contributed by atoms with Crippen molar-refractivity contribution in [3.05, 3.63) is 29.8 Å². The molecule has 3 fully saturated rings. The van der Waals surface area contributed by atoms with Crippen LogP contribution in [-0.4, -0.2) is 62.8 Å². The van der Waals surface area contributed by atoms with Gasteiger partial charge in [-0.15, -0.1) is 0 Å². The number of fused-ring (bicyclic) bond motifs is 1. The zero-order valence-electron chi connectivity index (χ0n) is 14.3. The monoisotopic (exact) mass is 316 g/mol. The van der Waals surface area contributed by atoms with Gasteiger partial charge in [0.15, 0.2) is 0 Å². The number of methoxy groups -OCH3 is 1. The van der Waals surface area contributed by atoms with Crippen LogP contribution in [0.2, 0.25) is 0 Å². The molecule has 0 unspecified atom stereocenters. The Kier molecular flexibility index (Phi) is 4.31. The molecule has 0 amide bonds. The molecule has 0 aliphatic carbocycles. The van der Waals surface area contributed by atoms with Crippen molar-refractivity contribution >= 4 is 0 Å². The summed E-state index contributed by atoms with van der Waals surface area (Å²) in [4.78, 5) is 5.31. The molecular weight excluding hydrogens is 288 g/mol. The molecule has 3 aliphatic rings. The van der Waals surface area contributed by atoms with Crippen molar-refractivity contribution in [3.8, 4) is 5.75 Å². The molecule has 0 radical (unpaired) electrons. The SMILES string of the molecule is COc1ccc([C@H]2[C@@H]3CN(C4CCOCC4)C[C@@H]3CN2C)cc1. The number of nitrogens with zero attached hydrogens (tertiary/aromatic N) is 2. The summed E-state index contributed by atoms with van der Waals surface area (Å²) in [5.41, 5.74) is 1.44. The molecule has 23 heavy (non-hydrogen) atoms. The average Bonchev–Trinajstić information content (AvgIpc) is 3.12. The van der Waals surface area contributed by atoms with Gasteiger partial charge in [-0.2, -0.15) is 0 Å². The number of rotatable bonds is 3. The van der Waals surface area contributed by atoms with Gasteiger partial charge in [0, 0.05) is 44.9 Å². The van der Waals surface area contributed by atoms with E-state index in [1.165, 1.54) is 38.0 Å². The number of hydrogen-bond donors (Lipinski definition) is 0. The minimum atomic E-state index is 0.552. The molecule has 3 saturated heterocycles. The number of benzene rings is 1. The quantitative estimate of drug-likeness (QED) is 0.855. The summed E-state index contributed by atoms with van der Waals surface area (Å²) < 4.78 is 10.8. The first-order valence-corrected chi connectivity index (χ1v) is 8.92. The van der Waals surface area contributed by atoms with Crippen molar-refractivity contribution < 1.29 is 9.47 Å². The molecule has 3 atom stereocenters. The number of likely N-dealkylation sites (tertiary alicyclic amines) is 2. The maximum absolute atomic E-state index is 5.54. The molecule has 4 nitrogen and oxygen atoms in total. The largest absolute Gasteiger partial charge is 0.497 e. The first-order valence-electron chi connectivity index (χ1n) is 8.92. The Morgan fingerprint density at radius 3 is 2.48 bits per heavy atom. The van der Waals surface area contributed by atoms with Gasteiger partial charge >= 0.3 is 0 Å². The van der Waals surface area contributed by atoms with E-state index >= 15 is 0 Å². The van der Waals surface area contributed by atoms with Gasteiger partial charge in [-0.1, -0.05) is 12.1 Å². The van der Waals surface area contributed by atoms with Crippen molar-refractivity contribution in [2.45, 2.75) is 24.9 Å². The van der Waals surface area contributed by atoms with E-state index in [4.69, 9.17) is 9.47 Å². The highest BCUT2D eigenvalue weighted by Crippen LogP contribution is 2.45. The normalized spacial score (nSPS) is 33.0. The molecule has 0 saturated carbocycles. The van der Waals surface area contributed by atoms with Crippen molar-refractivity contribution in [1.29, 1.82) is 0 Å². The summed E-state index contributed by atoms with van der Waals surface area (Å²) in [6.45, 7) is 5.63. The molecule has 0 aromatic heterocycles. The molecule has 3 heterocycles. The van der Waals surface area contributed by atoms with Gasteiger partial charge < -0.3 is 9.47 Å². The second-order valence-electron chi connectivity index (χ2n) is 7.38. The Hall–Kier alpha value is -1.10. The molecule has 1 aromatic rings. The fourth-order valence-corrected chi connectivity index (χ4v) is 4.94. The minimum Gasteiger partial charge on any atom is -0.497 e. The highest BCUT2D eigenvalue weighted by molar-refractivity contribution is 5.30. The van der Waals surface area contributed by atoms with E-state index in [0.717, 1.165) is 36.8 Å². The fraction of sp³-hybridized carbons (Fsp3) is 0.684. The third-order valence-electron chi connectivity index (χ3n) is 6.09. The average molecular weight is 316 g/mol. The van der Waals surface area contributed by atoms with E-state index in [2.05, 4.69) is 41.1 Å². The van der Waals surface area contributed by atoms with Crippen LogP contribution in [0.25, 0.3) is 0 Å². The summed E-state index contributed by atoms with van der Waals surface area (Å²) in [5.74, 6) is 2.52. The zero-order chi connectivity index (χ0) is 15.8. The van der Waals surface area contributed by atoms with Crippen LogP contribution in [0.4, 0.5) is 0 Å². The predicted octanol–water partition coefficient (Wildman–Crippen LogP) is 2.41. The standard InChI is InChI=1S/C19H28N2O2/c1-20-11-15-12-21(16-7-9-23-10-8-16)13-18(15)19(20)14-3-5-17(22-2)6-4-14/h3-6,15-16,18-19H,7-13H2,1-2H3/t15-,18+,19-/m0/s1. The Morgan fingerprint density at radius 1 is 1.04 bits per heavy atom. The van der Waals surface area contributed by atoms with E-state index in [-0.39, 0.29) is 0 Å². The molecule has 0 spiro atoms. The van der Waals surface area contributed by atoms with Gasteiger partial charge in [-0.25, -0.2) is 0 Å². The van der Waals surface area contributed by atoms with Crippen LogP contribution < -0.4 is 4.74 Å². The summed E-state index contributed by atoms with van der Waals surface area (Å²) in [6, 6.07) is 9.99. The van der Waals surface area contributed by atoms with Gasteiger partial charge in [0.25, 0.3) is 0 Å². The second-order valence-corrected chi connectivity index (χ2v) is 7.38. The fourth-order valence-electron chi connectivity index (χ4n) is 4.94. The lowest BCUT2D eigenvalue weighted by molar-refractivity contribution is 0.0374. The van der Waals surface area contributed by atoms with E-state index in [0.29, 0.717) is 6.04 Å². The van der Waals surface area contributed by atoms with Crippen molar-refractivity contribution in [2.75, 3.05) is 47.0 Å². The molecule has 0 bridgehead atoms. The van der Waals surface area contributed by atoms with Crippen LogP contribution in [0.1, 0.15) is 24.4 Å². The summed E-state index contributed by atoms with van der Waals surface area (Å²) in [7, 11) is 4.02. The summed E-state index contributed by atoms with van der Waals surface area (Å²) in [5, 5.41) is 0. The molecular formula is C19H28N2O2. The van der Waals surface area contributed by atoms with Crippen molar-refractivity contribution in [3.63, 3.8) is 0 Å². The zero-order valence-corrected chi connectivity index (χ0v) is 14.3.